The lowest BCUT2D eigenvalue weighted by atomic mass is 10.0. The smallest absolute Gasteiger partial charge is 0.270 e. The van der Waals surface area contributed by atoms with Gasteiger partial charge in [-0.15, -0.1) is 0 Å². The molecule has 152 valence electrons. The molecule has 1 heterocycles. The number of nitriles is 2. The third-order valence-corrected chi connectivity index (χ3v) is 4.70. The lowest BCUT2D eigenvalue weighted by Gasteiger charge is -2.06. The molecule has 7 heteroatoms. The summed E-state index contributed by atoms with van der Waals surface area (Å²) < 4.78 is 0. The van der Waals surface area contributed by atoms with Crippen LogP contribution in [-0.2, 0) is 0 Å². The normalized spacial score (nSPS) is 10.4. The molecule has 0 amide bonds. The fourth-order valence-corrected chi connectivity index (χ4v) is 3.13. The van der Waals surface area contributed by atoms with Crippen molar-refractivity contribution < 1.29 is 0 Å². The fourth-order valence-electron chi connectivity index (χ4n) is 3.13. The Morgan fingerprint density at radius 1 is 0.875 bits per heavy atom. The molecule has 7 nitrogen and oxygen atoms in total. The largest absolute Gasteiger partial charge is 0.290 e. The first kappa shape index (κ1) is 20.3. The van der Waals surface area contributed by atoms with Crippen molar-refractivity contribution in [1.29, 1.82) is 10.5 Å². The summed E-state index contributed by atoms with van der Waals surface area (Å²) in [6.45, 7) is 0. The zero-order chi connectivity index (χ0) is 22.3. The molecule has 4 aromatic rings. The van der Waals surface area contributed by atoms with Gasteiger partial charge in [0.25, 0.3) is 5.56 Å². The minimum atomic E-state index is -0.539. The summed E-state index contributed by atoms with van der Waals surface area (Å²) in [6, 6.07) is 28.1. The van der Waals surface area contributed by atoms with Crippen molar-refractivity contribution in [3.8, 4) is 34.5 Å². The Kier molecular flexibility index (Phi) is 5.83. The molecule has 0 aliphatic carbocycles. The van der Waals surface area contributed by atoms with Crippen LogP contribution in [0.2, 0.25) is 0 Å². The summed E-state index contributed by atoms with van der Waals surface area (Å²) in [5.74, 6) is 0.133. The molecule has 0 spiro atoms. The van der Waals surface area contributed by atoms with Crippen molar-refractivity contribution in [2.24, 2.45) is 5.10 Å². The van der Waals surface area contributed by atoms with Crippen LogP contribution in [0.1, 0.15) is 16.7 Å². The Bertz CT molecular complexity index is 1420. The first-order chi connectivity index (χ1) is 15.7. The van der Waals surface area contributed by atoms with Crippen molar-refractivity contribution in [2.75, 3.05) is 5.43 Å². The average molecular weight is 416 g/mol. The topological polar surface area (TPSA) is 118 Å². The van der Waals surface area contributed by atoms with Gasteiger partial charge in [-0.1, -0.05) is 66.7 Å². The highest BCUT2D eigenvalue weighted by Crippen LogP contribution is 2.21. The first-order valence-electron chi connectivity index (χ1n) is 9.67. The van der Waals surface area contributed by atoms with E-state index < -0.39 is 5.56 Å². The molecule has 2 N–H and O–H groups in total. The number of aromatic amines is 1. The number of H-pyrrole nitrogens is 1. The van der Waals surface area contributed by atoms with Crippen molar-refractivity contribution in [3.63, 3.8) is 0 Å². The van der Waals surface area contributed by atoms with Gasteiger partial charge in [0, 0.05) is 5.56 Å². The molecule has 0 saturated heterocycles. The van der Waals surface area contributed by atoms with Crippen LogP contribution in [0.15, 0.2) is 88.8 Å². The summed E-state index contributed by atoms with van der Waals surface area (Å²) in [7, 11) is 0. The number of nitrogens with one attached hydrogen (secondary N) is 2. The molecule has 0 radical (unpaired) electrons. The van der Waals surface area contributed by atoms with Crippen molar-refractivity contribution in [1.82, 2.24) is 9.97 Å². The maximum Gasteiger partial charge on any atom is 0.270 e. The molecule has 4 rings (SSSR count). The number of aromatic nitrogens is 2. The zero-order valence-electron chi connectivity index (χ0n) is 16.8. The van der Waals surface area contributed by atoms with E-state index >= 15 is 0 Å². The van der Waals surface area contributed by atoms with E-state index in [2.05, 4.69) is 26.6 Å². The number of rotatable bonds is 5. The molecule has 0 aliphatic heterocycles. The van der Waals surface area contributed by atoms with Crippen LogP contribution in [0, 0.1) is 22.7 Å². The second kappa shape index (κ2) is 9.21. The summed E-state index contributed by atoms with van der Waals surface area (Å²) in [6.07, 6.45) is 1.59. The Morgan fingerprint density at radius 3 is 2.34 bits per heavy atom. The van der Waals surface area contributed by atoms with Crippen LogP contribution in [0.5, 0.6) is 0 Å². The second-order valence-corrected chi connectivity index (χ2v) is 6.80. The van der Waals surface area contributed by atoms with Gasteiger partial charge in [0.05, 0.1) is 23.5 Å². The zero-order valence-corrected chi connectivity index (χ0v) is 16.8. The maximum atomic E-state index is 12.3. The standard InChI is InChI=1S/C25H16N6O/c26-14-18-5-4-8-21(13-18)19-11-9-17(10-12-19)16-28-31-25-29-23(20-6-2-1-3-7-20)22(15-27)24(32)30-25/h1-13,16H,(H2,29,30,31,32). The van der Waals surface area contributed by atoms with E-state index in [0.717, 1.165) is 16.7 Å². The van der Waals surface area contributed by atoms with Crippen LogP contribution in [0.3, 0.4) is 0 Å². The summed E-state index contributed by atoms with van der Waals surface area (Å²) in [5.41, 5.74) is 6.46. The average Bonchev–Trinajstić information content (AvgIpc) is 2.85. The molecule has 0 atom stereocenters. The van der Waals surface area contributed by atoms with Gasteiger partial charge in [0.2, 0.25) is 5.95 Å². The quantitative estimate of drug-likeness (QED) is 0.372. The Balaban J connectivity index is 1.53. The predicted molar refractivity (Wildman–Crippen MR) is 123 cm³/mol. The maximum absolute atomic E-state index is 12.3. The van der Waals surface area contributed by atoms with Crippen LogP contribution in [0.25, 0.3) is 22.4 Å². The minimum Gasteiger partial charge on any atom is -0.290 e. The molecule has 0 fully saturated rings. The summed E-state index contributed by atoms with van der Waals surface area (Å²) in [5, 5.41) is 22.5. The van der Waals surface area contributed by atoms with Crippen LogP contribution in [-0.4, -0.2) is 16.2 Å². The SMILES string of the molecule is N#Cc1cccc(-c2ccc(C=NNc3nc(-c4ccccc4)c(C#N)c(=O)[nH]3)cc2)c1. The third-order valence-electron chi connectivity index (χ3n) is 4.70. The molecule has 0 unspecified atom stereocenters. The molecule has 0 bridgehead atoms. The number of hydrogen-bond acceptors (Lipinski definition) is 6. The molecular formula is C25H16N6O. The van der Waals surface area contributed by atoms with E-state index in [1.807, 2.05) is 66.7 Å². The summed E-state index contributed by atoms with van der Waals surface area (Å²) >= 11 is 0. The number of hydrogen-bond donors (Lipinski definition) is 2. The van der Waals surface area contributed by atoms with Crippen molar-refractivity contribution in [2.45, 2.75) is 0 Å². The highest BCUT2D eigenvalue weighted by Gasteiger charge is 2.12. The highest BCUT2D eigenvalue weighted by atomic mass is 16.1. The van der Waals surface area contributed by atoms with Gasteiger partial charge in [-0.2, -0.15) is 15.6 Å². The van der Waals surface area contributed by atoms with Gasteiger partial charge in [0.15, 0.2) is 0 Å². The third kappa shape index (κ3) is 4.43. The fraction of sp³-hybridized carbons (Fsp3) is 0. The van der Waals surface area contributed by atoms with Gasteiger partial charge >= 0.3 is 0 Å². The van der Waals surface area contributed by atoms with Gasteiger partial charge in [-0.3, -0.25) is 9.78 Å². The van der Waals surface area contributed by atoms with Gasteiger partial charge < -0.3 is 0 Å². The minimum absolute atomic E-state index is 0.0539. The van der Waals surface area contributed by atoms with E-state index in [4.69, 9.17) is 5.26 Å². The van der Waals surface area contributed by atoms with Crippen molar-refractivity contribution >= 4 is 12.2 Å². The predicted octanol–water partition coefficient (Wildman–Crippen LogP) is 4.29. The van der Waals surface area contributed by atoms with E-state index in [9.17, 15) is 10.1 Å². The first-order valence-corrected chi connectivity index (χ1v) is 9.67. The number of anilines is 1. The molecule has 0 saturated carbocycles. The highest BCUT2D eigenvalue weighted by molar-refractivity contribution is 5.81. The molecule has 32 heavy (non-hydrogen) atoms. The van der Waals surface area contributed by atoms with Gasteiger partial charge in [0.1, 0.15) is 11.6 Å². The van der Waals surface area contributed by atoms with E-state index in [1.54, 1.807) is 24.4 Å². The Hall–Kier alpha value is -5.01. The Labute approximate surface area is 183 Å². The van der Waals surface area contributed by atoms with Crippen molar-refractivity contribution in [3.05, 3.63) is 106 Å². The van der Waals surface area contributed by atoms with Gasteiger partial charge in [-0.05, 0) is 28.8 Å². The van der Waals surface area contributed by atoms with E-state index in [0.29, 0.717) is 16.8 Å². The summed E-state index contributed by atoms with van der Waals surface area (Å²) in [4.78, 5) is 19.2. The van der Waals surface area contributed by atoms with Crippen LogP contribution >= 0.6 is 0 Å². The second-order valence-electron chi connectivity index (χ2n) is 6.80. The van der Waals surface area contributed by atoms with Crippen LogP contribution in [0.4, 0.5) is 5.95 Å². The monoisotopic (exact) mass is 416 g/mol. The number of nitrogens with zero attached hydrogens (tertiary/aromatic N) is 4. The lowest BCUT2D eigenvalue weighted by molar-refractivity contribution is 1.08. The Morgan fingerprint density at radius 2 is 1.62 bits per heavy atom. The molecular weight excluding hydrogens is 400 g/mol. The number of hydrazone groups is 1. The molecule has 3 aromatic carbocycles. The molecule has 0 aliphatic rings. The number of benzene rings is 3. The van der Waals surface area contributed by atoms with Crippen LogP contribution < -0.4 is 11.0 Å². The van der Waals surface area contributed by atoms with E-state index in [-0.39, 0.29) is 11.5 Å². The molecule has 1 aromatic heterocycles. The van der Waals surface area contributed by atoms with Gasteiger partial charge in [-0.25, -0.2) is 10.4 Å². The lowest BCUT2D eigenvalue weighted by Crippen LogP contribution is -2.16. The van der Waals surface area contributed by atoms with E-state index in [1.165, 1.54) is 0 Å².